The highest BCUT2D eigenvalue weighted by molar-refractivity contribution is 6.00. The first kappa shape index (κ1) is 22.1. The van der Waals surface area contributed by atoms with Crippen LogP contribution in [0.4, 0.5) is 0 Å². The van der Waals surface area contributed by atoms with E-state index in [9.17, 15) is 4.79 Å². The molecule has 168 valence electrons. The van der Waals surface area contributed by atoms with E-state index in [1.807, 2.05) is 42.5 Å². The number of hydrogen-bond acceptors (Lipinski definition) is 1. The van der Waals surface area contributed by atoms with Crippen molar-refractivity contribution in [1.29, 1.82) is 0 Å². The van der Waals surface area contributed by atoms with E-state index in [0.29, 0.717) is 5.56 Å². The summed E-state index contributed by atoms with van der Waals surface area (Å²) in [6.07, 6.45) is 2.23. The van der Waals surface area contributed by atoms with E-state index in [4.69, 9.17) is 5.73 Å². The van der Waals surface area contributed by atoms with Gasteiger partial charge in [-0.05, 0) is 56.7 Å². The van der Waals surface area contributed by atoms with Gasteiger partial charge in [-0.15, -0.1) is 0 Å². The molecule has 35 heavy (non-hydrogen) atoms. The number of carbonyl (C=O) groups is 1. The van der Waals surface area contributed by atoms with E-state index in [1.54, 1.807) is 6.07 Å². The molecule has 0 aliphatic rings. The van der Waals surface area contributed by atoms with Crippen molar-refractivity contribution >= 4 is 17.6 Å². The normalized spacial score (nSPS) is 10.5. The topological polar surface area (TPSA) is 43.1 Å². The molecule has 0 saturated carbocycles. The Balaban J connectivity index is 1.44. The number of hydrogen-bond donors (Lipinski definition) is 1. The summed E-state index contributed by atoms with van der Waals surface area (Å²) in [6, 6.07) is 45.2. The molecule has 5 aromatic carbocycles. The van der Waals surface area contributed by atoms with Crippen LogP contribution in [0.15, 0.2) is 133 Å². The minimum atomic E-state index is -0.418. The third kappa shape index (κ3) is 4.97. The fourth-order valence-corrected chi connectivity index (χ4v) is 4.30. The molecule has 2 nitrogen and oxygen atoms in total. The molecule has 0 fully saturated rings. The third-order valence-corrected chi connectivity index (χ3v) is 6.11. The van der Waals surface area contributed by atoms with Crippen LogP contribution >= 0.6 is 0 Å². The van der Waals surface area contributed by atoms with E-state index in [1.165, 1.54) is 16.7 Å². The summed E-state index contributed by atoms with van der Waals surface area (Å²) in [4.78, 5) is 11.8. The number of amides is 1. The zero-order valence-electron chi connectivity index (χ0n) is 19.3. The van der Waals surface area contributed by atoms with Crippen molar-refractivity contribution in [3.05, 3.63) is 156 Å². The quantitative estimate of drug-likeness (QED) is 0.264. The molecule has 0 atom stereocenters. The third-order valence-electron chi connectivity index (χ3n) is 6.11. The van der Waals surface area contributed by atoms with Gasteiger partial charge in [0.1, 0.15) is 0 Å². The predicted molar refractivity (Wildman–Crippen MR) is 146 cm³/mol. The summed E-state index contributed by atoms with van der Waals surface area (Å²) in [5.74, 6) is -0.418. The van der Waals surface area contributed by atoms with Gasteiger partial charge in [-0.2, -0.15) is 0 Å². The van der Waals surface area contributed by atoms with Crippen molar-refractivity contribution in [2.45, 2.75) is 0 Å². The molecule has 0 aromatic heterocycles. The molecular formula is C33H25NO. The Morgan fingerprint density at radius 3 is 1.51 bits per heavy atom. The predicted octanol–water partition coefficient (Wildman–Crippen LogP) is 7.71. The molecule has 0 aliphatic carbocycles. The molecule has 0 heterocycles. The Labute approximate surface area is 206 Å². The molecule has 2 heteroatoms. The minimum absolute atomic E-state index is 0.418. The molecule has 0 aliphatic heterocycles. The number of rotatable bonds is 6. The van der Waals surface area contributed by atoms with Crippen LogP contribution in [0.25, 0.3) is 33.9 Å². The molecule has 0 spiro atoms. The largest absolute Gasteiger partial charge is 0.366 e. The highest BCUT2D eigenvalue weighted by Crippen LogP contribution is 2.29. The van der Waals surface area contributed by atoms with Crippen LogP contribution in [-0.2, 0) is 0 Å². The van der Waals surface area contributed by atoms with Crippen molar-refractivity contribution in [2.75, 3.05) is 0 Å². The van der Waals surface area contributed by atoms with Gasteiger partial charge < -0.3 is 5.73 Å². The van der Waals surface area contributed by atoms with Crippen molar-refractivity contribution in [1.82, 2.24) is 0 Å². The molecular weight excluding hydrogens is 426 g/mol. The highest BCUT2D eigenvalue weighted by Gasteiger charge is 2.09. The Morgan fingerprint density at radius 1 is 0.514 bits per heavy atom. The summed E-state index contributed by atoms with van der Waals surface area (Å²) in [6.45, 7) is 0. The van der Waals surface area contributed by atoms with Gasteiger partial charge in [0.15, 0.2) is 0 Å². The lowest BCUT2D eigenvalue weighted by Crippen LogP contribution is -2.12. The standard InChI is InChI=1S/C33H25NO/c34-33(35)31-14-8-7-13-30(31)29-21-19-26(20-22-29)25-17-15-24(16-18-25)23-32(27-9-3-1-4-10-27)28-11-5-2-6-12-28/h1-23H,(H2,34,35). The SMILES string of the molecule is NC(=O)c1ccccc1-c1ccc(-c2ccc(C=C(c3ccccc3)c3ccccc3)cc2)cc1. The van der Waals surface area contributed by atoms with Crippen molar-refractivity contribution < 1.29 is 4.79 Å². The van der Waals surface area contributed by atoms with E-state index in [2.05, 4.69) is 91.0 Å². The van der Waals surface area contributed by atoms with Crippen LogP contribution in [0.3, 0.4) is 0 Å². The maximum Gasteiger partial charge on any atom is 0.249 e. The minimum Gasteiger partial charge on any atom is -0.366 e. The first-order valence-electron chi connectivity index (χ1n) is 11.6. The Bertz CT molecular complexity index is 1420. The maximum atomic E-state index is 11.8. The van der Waals surface area contributed by atoms with Crippen LogP contribution in [-0.4, -0.2) is 5.91 Å². The van der Waals surface area contributed by atoms with Gasteiger partial charge in [0.05, 0.1) is 0 Å². The van der Waals surface area contributed by atoms with E-state index in [0.717, 1.165) is 27.8 Å². The number of carbonyl (C=O) groups excluding carboxylic acids is 1. The molecule has 2 N–H and O–H groups in total. The fourth-order valence-electron chi connectivity index (χ4n) is 4.30. The Kier molecular flexibility index (Phi) is 6.36. The molecule has 0 saturated heterocycles. The summed E-state index contributed by atoms with van der Waals surface area (Å²) in [5, 5.41) is 0. The zero-order valence-corrected chi connectivity index (χ0v) is 19.3. The van der Waals surface area contributed by atoms with Crippen LogP contribution in [0.5, 0.6) is 0 Å². The molecule has 5 aromatic rings. The second-order valence-corrected chi connectivity index (χ2v) is 8.40. The van der Waals surface area contributed by atoms with Gasteiger partial charge in [-0.3, -0.25) is 4.79 Å². The van der Waals surface area contributed by atoms with Crippen LogP contribution in [0.2, 0.25) is 0 Å². The van der Waals surface area contributed by atoms with Crippen molar-refractivity contribution in [2.24, 2.45) is 5.73 Å². The first-order valence-corrected chi connectivity index (χ1v) is 11.6. The van der Waals surface area contributed by atoms with E-state index in [-0.39, 0.29) is 0 Å². The summed E-state index contributed by atoms with van der Waals surface area (Å²) in [7, 11) is 0. The lowest BCUT2D eigenvalue weighted by molar-refractivity contribution is 0.100. The molecule has 0 radical (unpaired) electrons. The first-order chi connectivity index (χ1) is 17.2. The van der Waals surface area contributed by atoms with Gasteiger partial charge in [0.2, 0.25) is 5.91 Å². The summed E-state index contributed by atoms with van der Waals surface area (Å²) < 4.78 is 0. The number of primary amides is 1. The lowest BCUT2D eigenvalue weighted by Gasteiger charge is -2.10. The molecule has 0 bridgehead atoms. The zero-order chi connectivity index (χ0) is 24.0. The van der Waals surface area contributed by atoms with Gasteiger partial charge in [0, 0.05) is 5.56 Å². The second-order valence-electron chi connectivity index (χ2n) is 8.40. The van der Waals surface area contributed by atoms with Gasteiger partial charge in [-0.1, -0.05) is 127 Å². The van der Waals surface area contributed by atoms with Gasteiger partial charge in [0.25, 0.3) is 0 Å². The lowest BCUT2D eigenvalue weighted by atomic mass is 9.94. The average Bonchev–Trinajstić information content (AvgIpc) is 2.93. The second kappa shape index (κ2) is 10.1. The maximum absolute atomic E-state index is 11.8. The Morgan fingerprint density at radius 2 is 0.971 bits per heavy atom. The van der Waals surface area contributed by atoms with Crippen LogP contribution < -0.4 is 5.73 Å². The van der Waals surface area contributed by atoms with E-state index >= 15 is 0 Å². The summed E-state index contributed by atoms with van der Waals surface area (Å²) in [5.41, 5.74) is 14.9. The molecule has 1 amide bonds. The van der Waals surface area contributed by atoms with Gasteiger partial charge in [-0.25, -0.2) is 0 Å². The van der Waals surface area contributed by atoms with Crippen molar-refractivity contribution in [3.63, 3.8) is 0 Å². The highest BCUT2D eigenvalue weighted by atomic mass is 16.1. The van der Waals surface area contributed by atoms with Crippen LogP contribution in [0, 0.1) is 0 Å². The molecule has 0 unspecified atom stereocenters. The van der Waals surface area contributed by atoms with Crippen molar-refractivity contribution in [3.8, 4) is 22.3 Å². The fraction of sp³-hybridized carbons (Fsp3) is 0. The molecule has 5 rings (SSSR count). The monoisotopic (exact) mass is 451 g/mol. The van der Waals surface area contributed by atoms with E-state index < -0.39 is 5.91 Å². The van der Waals surface area contributed by atoms with Gasteiger partial charge >= 0.3 is 0 Å². The average molecular weight is 452 g/mol. The smallest absolute Gasteiger partial charge is 0.249 e. The van der Waals surface area contributed by atoms with Crippen LogP contribution in [0.1, 0.15) is 27.0 Å². The summed E-state index contributed by atoms with van der Waals surface area (Å²) >= 11 is 0. The number of nitrogens with two attached hydrogens (primary N) is 1. The Hall–Kier alpha value is -4.69. The number of benzene rings is 5.